The lowest BCUT2D eigenvalue weighted by molar-refractivity contribution is 0.0703. The molecule has 0 saturated carbocycles. The average Bonchev–Trinajstić information content (AvgIpc) is 2.95. The van der Waals surface area contributed by atoms with Crippen molar-refractivity contribution in [2.45, 2.75) is 9.79 Å². The Morgan fingerprint density at radius 1 is 0.958 bits per heavy atom. The van der Waals surface area contributed by atoms with Gasteiger partial charge in [-0.2, -0.15) is 0 Å². The summed E-state index contributed by atoms with van der Waals surface area (Å²) >= 11 is 0.865. The number of hydrogen-bond acceptors (Lipinski definition) is 5. The quantitative estimate of drug-likeness (QED) is 0.743. The Balaban J connectivity index is 2.33. The number of nitrogen functional groups attached to an aromatic ring is 1. The van der Waals surface area contributed by atoms with Crippen LogP contribution in [0, 0.1) is 0 Å². The molecule has 122 valence electrons. The molecule has 0 amide bonds. The predicted molar refractivity (Wildman–Crippen MR) is 93.0 cm³/mol. The van der Waals surface area contributed by atoms with Crippen molar-refractivity contribution in [3.05, 3.63) is 65.5 Å². The zero-order valence-electron chi connectivity index (χ0n) is 12.3. The highest BCUT2D eigenvalue weighted by molar-refractivity contribution is 7.92. The number of rotatable bonds is 4. The molecule has 2 aromatic carbocycles. The van der Waals surface area contributed by atoms with E-state index in [1.807, 2.05) is 0 Å². The molecule has 5 nitrogen and oxygen atoms in total. The fourth-order valence-electron chi connectivity index (χ4n) is 2.35. The SMILES string of the molecule is Nc1c(C(=O)O)sc(-c2ccccc2)c1S(=O)(=O)c1ccccc1. The first-order valence-electron chi connectivity index (χ1n) is 6.94. The van der Waals surface area contributed by atoms with Crippen LogP contribution in [0.25, 0.3) is 10.4 Å². The summed E-state index contributed by atoms with van der Waals surface area (Å²) in [6, 6.07) is 16.6. The Kier molecular flexibility index (Phi) is 4.13. The van der Waals surface area contributed by atoms with Gasteiger partial charge >= 0.3 is 5.97 Å². The van der Waals surface area contributed by atoms with Crippen molar-refractivity contribution in [1.29, 1.82) is 0 Å². The van der Waals surface area contributed by atoms with E-state index in [1.54, 1.807) is 48.5 Å². The lowest BCUT2D eigenvalue weighted by atomic mass is 10.2. The Morgan fingerprint density at radius 3 is 2.04 bits per heavy atom. The number of benzene rings is 2. The monoisotopic (exact) mass is 359 g/mol. The maximum Gasteiger partial charge on any atom is 0.348 e. The van der Waals surface area contributed by atoms with Crippen LogP contribution in [0.1, 0.15) is 9.67 Å². The Hall–Kier alpha value is -2.64. The van der Waals surface area contributed by atoms with Gasteiger partial charge < -0.3 is 10.8 Å². The third kappa shape index (κ3) is 2.68. The van der Waals surface area contributed by atoms with Gasteiger partial charge in [0, 0.05) is 0 Å². The lowest BCUT2D eigenvalue weighted by Crippen LogP contribution is -2.07. The van der Waals surface area contributed by atoms with Gasteiger partial charge in [0.2, 0.25) is 9.84 Å². The fraction of sp³-hybridized carbons (Fsp3) is 0. The summed E-state index contributed by atoms with van der Waals surface area (Å²) in [6.45, 7) is 0. The third-order valence-electron chi connectivity index (χ3n) is 3.45. The summed E-state index contributed by atoms with van der Waals surface area (Å²) in [5.41, 5.74) is 6.30. The van der Waals surface area contributed by atoms with E-state index < -0.39 is 15.8 Å². The van der Waals surface area contributed by atoms with Crippen LogP contribution in [0.3, 0.4) is 0 Å². The fourth-order valence-corrected chi connectivity index (χ4v) is 5.33. The minimum absolute atomic E-state index is 0.0728. The molecule has 0 bridgehead atoms. The molecule has 1 heterocycles. The van der Waals surface area contributed by atoms with E-state index in [4.69, 9.17) is 5.73 Å². The number of thiophene rings is 1. The molecule has 0 aliphatic carbocycles. The van der Waals surface area contributed by atoms with E-state index in [2.05, 4.69) is 0 Å². The predicted octanol–water partition coefficient (Wildman–Crippen LogP) is 3.53. The zero-order valence-corrected chi connectivity index (χ0v) is 14.0. The first-order valence-corrected chi connectivity index (χ1v) is 9.24. The van der Waals surface area contributed by atoms with Gasteiger partial charge in [0.05, 0.1) is 15.5 Å². The van der Waals surface area contributed by atoms with Gasteiger partial charge in [-0.25, -0.2) is 13.2 Å². The highest BCUT2D eigenvalue weighted by atomic mass is 32.2. The summed E-state index contributed by atoms with van der Waals surface area (Å²) in [4.78, 5) is 11.5. The van der Waals surface area contributed by atoms with Crippen LogP contribution in [0.4, 0.5) is 5.69 Å². The molecule has 0 spiro atoms. The third-order valence-corrected chi connectivity index (χ3v) is 6.68. The first kappa shape index (κ1) is 16.2. The second kappa shape index (κ2) is 6.10. The van der Waals surface area contributed by atoms with Crippen molar-refractivity contribution < 1.29 is 18.3 Å². The molecular formula is C17H13NO4S2. The van der Waals surface area contributed by atoms with Crippen molar-refractivity contribution in [2.24, 2.45) is 0 Å². The molecule has 0 aliphatic rings. The van der Waals surface area contributed by atoms with Crippen LogP contribution >= 0.6 is 11.3 Å². The van der Waals surface area contributed by atoms with Crippen LogP contribution < -0.4 is 5.73 Å². The van der Waals surface area contributed by atoms with Crippen LogP contribution in [-0.2, 0) is 9.84 Å². The number of anilines is 1. The minimum atomic E-state index is -3.94. The smallest absolute Gasteiger partial charge is 0.348 e. The molecule has 24 heavy (non-hydrogen) atoms. The van der Waals surface area contributed by atoms with Gasteiger partial charge in [-0.15, -0.1) is 11.3 Å². The molecule has 0 radical (unpaired) electrons. The molecule has 3 rings (SSSR count). The van der Waals surface area contributed by atoms with Crippen molar-refractivity contribution in [3.8, 4) is 10.4 Å². The van der Waals surface area contributed by atoms with E-state index in [9.17, 15) is 18.3 Å². The summed E-state index contributed by atoms with van der Waals surface area (Å²) in [5, 5.41) is 9.32. The van der Waals surface area contributed by atoms with Crippen LogP contribution in [0.5, 0.6) is 0 Å². The highest BCUT2D eigenvalue weighted by Gasteiger charge is 2.31. The van der Waals surface area contributed by atoms with E-state index in [1.165, 1.54) is 12.1 Å². The highest BCUT2D eigenvalue weighted by Crippen LogP contribution is 2.43. The Bertz CT molecular complexity index is 994. The number of aromatic carboxylic acids is 1. The Morgan fingerprint density at radius 2 is 1.50 bits per heavy atom. The van der Waals surface area contributed by atoms with Gasteiger partial charge in [-0.05, 0) is 17.7 Å². The first-order chi connectivity index (χ1) is 11.4. The van der Waals surface area contributed by atoms with Gasteiger partial charge in [0.1, 0.15) is 9.77 Å². The minimum Gasteiger partial charge on any atom is -0.477 e. The number of carbonyl (C=O) groups is 1. The van der Waals surface area contributed by atoms with Gasteiger partial charge in [0.15, 0.2) is 0 Å². The molecule has 7 heteroatoms. The van der Waals surface area contributed by atoms with Crippen LogP contribution in [0.2, 0.25) is 0 Å². The second-order valence-electron chi connectivity index (χ2n) is 4.99. The molecule has 3 aromatic rings. The molecule has 1 aromatic heterocycles. The zero-order chi connectivity index (χ0) is 17.3. The molecule has 0 saturated heterocycles. The van der Waals surface area contributed by atoms with Crippen LogP contribution in [-0.4, -0.2) is 19.5 Å². The largest absolute Gasteiger partial charge is 0.477 e. The van der Waals surface area contributed by atoms with Crippen molar-refractivity contribution in [3.63, 3.8) is 0 Å². The molecule has 0 unspecified atom stereocenters. The normalized spacial score (nSPS) is 11.3. The number of sulfone groups is 1. The molecular weight excluding hydrogens is 346 g/mol. The average molecular weight is 359 g/mol. The lowest BCUT2D eigenvalue weighted by Gasteiger charge is -2.07. The van der Waals surface area contributed by atoms with Gasteiger partial charge in [0.25, 0.3) is 0 Å². The van der Waals surface area contributed by atoms with Crippen molar-refractivity contribution >= 4 is 32.8 Å². The van der Waals surface area contributed by atoms with E-state index in [0.717, 1.165) is 11.3 Å². The topological polar surface area (TPSA) is 97.5 Å². The standard InChI is InChI=1S/C17H13NO4S2/c18-13-15(17(19)20)23-14(11-7-3-1-4-8-11)16(13)24(21,22)12-9-5-2-6-10-12/h1-10H,18H2,(H,19,20). The summed E-state index contributed by atoms with van der Waals surface area (Å²) in [6.07, 6.45) is 0. The van der Waals surface area contributed by atoms with Crippen molar-refractivity contribution in [1.82, 2.24) is 0 Å². The summed E-state index contributed by atoms with van der Waals surface area (Å²) in [5.74, 6) is -1.25. The number of carboxylic acid groups (broad SMARTS) is 1. The molecule has 3 N–H and O–H groups in total. The van der Waals surface area contributed by atoms with E-state index in [-0.39, 0.29) is 20.4 Å². The Labute approximate surface area is 142 Å². The van der Waals surface area contributed by atoms with E-state index in [0.29, 0.717) is 10.4 Å². The van der Waals surface area contributed by atoms with Crippen LogP contribution in [0.15, 0.2) is 70.5 Å². The number of nitrogens with two attached hydrogens (primary N) is 1. The van der Waals surface area contributed by atoms with E-state index >= 15 is 0 Å². The maximum atomic E-state index is 13.0. The summed E-state index contributed by atoms with van der Waals surface area (Å²) < 4.78 is 26.0. The molecule has 0 atom stereocenters. The molecule has 0 fully saturated rings. The summed E-state index contributed by atoms with van der Waals surface area (Å²) in [7, 11) is -3.94. The number of carboxylic acids is 1. The maximum absolute atomic E-state index is 13.0. The number of hydrogen-bond donors (Lipinski definition) is 2. The van der Waals surface area contributed by atoms with Crippen molar-refractivity contribution in [2.75, 3.05) is 5.73 Å². The second-order valence-corrected chi connectivity index (χ2v) is 7.90. The van der Waals surface area contributed by atoms with Gasteiger partial charge in [-0.3, -0.25) is 0 Å². The van der Waals surface area contributed by atoms with Gasteiger partial charge in [-0.1, -0.05) is 48.5 Å². The molecule has 0 aliphatic heterocycles.